The number of nitrogens with zero attached hydrogens (tertiary/aromatic N) is 1. The number of nitrogens with one attached hydrogen (secondary N) is 1. The number of rotatable bonds is 2. The molecule has 0 saturated heterocycles. The highest BCUT2D eigenvalue weighted by molar-refractivity contribution is 5.95. The van der Waals surface area contributed by atoms with Crippen molar-refractivity contribution in [2.24, 2.45) is 0 Å². The van der Waals surface area contributed by atoms with Crippen LogP contribution in [0.4, 0.5) is 5.69 Å². The van der Waals surface area contributed by atoms with Gasteiger partial charge < -0.3 is 14.8 Å². The lowest BCUT2D eigenvalue weighted by Crippen LogP contribution is -2.18. The topological polar surface area (TPSA) is 92.4 Å². The molecule has 1 aromatic heterocycles. The highest BCUT2D eigenvalue weighted by Gasteiger charge is 2.21. The maximum Gasteiger partial charge on any atom is 0.374 e. The number of carbonyl (C=O) groups excluding carboxylic acids is 1. The van der Waals surface area contributed by atoms with Crippen molar-refractivity contribution in [2.75, 3.05) is 5.32 Å². The van der Waals surface area contributed by atoms with Crippen LogP contribution in [0.25, 0.3) is 11.3 Å². The molecule has 1 amide bonds. The Morgan fingerprint density at radius 2 is 2.20 bits per heavy atom. The van der Waals surface area contributed by atoms with Crippen LogP contribution in [-0.4, -0.2) is 22.0 Å². The van der Waals surface area contributed by atoms with E-state index in [4.69, 9.17) is 9.52 Å². The third kappa shape index (κ3) is 2.05. The third-order valence-electron chi connectivity index (χ3n) is 3.20. The second-order valence-electron chi connectivity index (χ2n) is 4.64. The number of anilines is 1. The Balaban J connectivity index is 2.08. The van der Waals surface area contributed by atoms with Crippen LogP contribution in [0.3, 0.4) is 0 Å². The zero-order chi connectivity index (χ0) is 14.3. The zero-order valence-corrected chi connectivity index (χ0v) is 10.8. The fourth-order valence-corrected chi connectivity index (χ4v) is 2.30. The van der Waals surface area contributed by atoms with Gasteiger partial charge in [0.05, 0.1) is 0 Å². The Kier molecular flexibility index (Phi) is 2.78. The highest BCUT2D eigenvalue weighted by Crippen LogP contribution is 2.30. The van der Waals surface area contributed by atoms with Crippen molar-refractivity contribution in [1.29, 1.82) is 0 Å². The summed E-state index contributed by atoms with van der Waals surface area (Å²) in [5.74, 6) is -1.01. The molecule has 3 rings (SSSR count). The Morgan fingerprint density at radius 3 is 2.95 bits per heavy atom. The molecule has 0 spiro atoms. The third-order valence-corrected chi connectivity index (χ3v) is 3.20. The van der Waals surface area contributed by atoms with Crippen LogP contribution in [0, 0.1) is 6.92 Å². The van der Waals surface area contributed by atoms with E-state index < -0.39 is 5.97 Å². The number of amides is 1. The normalized spacial score (nSPS) is 13.8. The first-order valence-electron chi connectivity index (χ1n) is 6.18. The summed E-state index contributed by atoms with van der Waals surface area (Å²) >= 11 is 0. The SMILES string of the molecule is Cc1nc(-c2ccc3c(c2)CCC(=O)N3)c(C(=O)O)o1. The van der Waals surface area contributed by atoms with Crippen molar-refractivity contribution in [3.63, 3.8) is 0 Å². The van der Waals surface area contributed by atoms with E-state index in [0.717, 1.165) is 11.3 Å². The molecule has 0 atom stereocenters. The second kappa shape index (κ2) is 4.48. The molecule has 0 fully saturated rings. The van der Waals surface area contributed by atoms with E-state index in [1.807, 2.05) is 6.07 Å². The molecule has 1 aliphatic rings. The van der Waals surface area contributed by atoms with Crippen molar-refractivity contribution < 1.29 is 19.1 Å². The van der Waals surface area contributed by atoms with Gasteiger partial charge in [-0.3, -0.25) is 4.79 Å². The van der Waals surface area contributed by atoms with Crippen LogP contribution in [0.5, 0.6) is 0 Å². The van der Waals surface area contributed by atoms with Gasteiger partial charge in [-0.1, -0.05) is 6.07 Å². The fourth-order valence-electron chi connectivity index (χ4n) is 2.30. The molecule has 20 heavy (non-hydrogen) atoms. The van der Waals surface area contributed by atoms with E-state index in [1.54, 1.807) is 19.1 Å². The number of fused-ring (bicyclic) bond motifs is 1. The van der Waals surface area contributed by atoms with Gasteiger partial charge in [0.1, 0.15) is 5.69 Å². The smallest absolute Gasteiger partial charge is 0.374 e. The minimum Gasteiger partial charge on any atom is -0.475 e. The number of carboxylic acid groups (broad SMARTS) is 1. The lowest BCUT2D eigenvalue weighted by molar-refractivity contribution is -0.116. The molecule has 102 valence electrons. The average molecular weight is 272 g/mol. The number of aromatic carboxylic acids is 1. The number of hydrogen-bond acceptors (Lipinski definition) is 4. The Hall–Kier alpha value is -2.63. The summed E-state index contributed by atoms with van der Waals surface area (Å²) in [4.78, 5) is 26.6. The molecule has 6 nitrogen and oxygen atoms in total. The maximum absolute atomic E-state index is 11.3. The van der Waals surface area contributed by atoms with Crippen molar-refractivity contribution in [3.8, 4) is 11.3 Å². The van der Waals surface area contributed by atoms with Gasteiger partial charge in [0.15, 0.2) is 5.89 Å². The predicted molar refractivity (Wildman–Crippen MR) is 70.6 cm³/mol. The molecule has 1 aromatic carbocycles. The first-order valence-corrected chi connectivity index (χ1v) is 6.18. The Bertz CT molecular complexity index is 718. The molecule has 0 radical (unpaired) electrons. The summed E-state index contributed by atoms with van der Waals surface area (Å²) in [6.07, 6.45) is 1.06. The van der Waals surface area contributed by atoms with Crippen LogP contribution >= 0.6 is 0 Å². The number of hydrogen-bond donors (Lipinski definition) is 2. The van der Waals surface area contributed by atoms with Crippen molar-refractivity contribution >= 4 is 17.6 Å². The zero-order valence-electron chi connectivity index (χ0n) is 10.8. The van der Waals surface area contributed by atoms with E-state index in [9.17, 15) is 9.59 Å². The number of aryl methyl sites for hydroxylation is 2. The van der Waals surface area contributed by atoms with Gasteiger partial charge in [-0.05, 0) is 24.1 Å². The largest absolute Gasteiger partial charge is 0.475 e. The monoisotopic (exact) mass is 272 g/mol. The number of carboxylic acids is 1. The van der Waals surface area contributed by atoms with Gasteiger partial charge in [0.25, 0.3) is 0 Å². The summed E-state index contributed by atoms with van der Waals surface area (Å²) in [5.41, 5.74) is 2.73. The molecule has 1 aliphatic heterocycles. The molecule has 2 N–H and O–H groups in total. The van der Waals surface area contributed by atoms with Crippen molar-refractivity contribution in [3.05, 3.63) is 35.4 Å². The number of benzene rings is 1. The van der Waals surface area contributed by atoms with Gasteiger partial charge in [-0.15, -0.1) is 0 Å². The quantitative estimate of drug-likeness (QED) is 0.874. The Morgan fingerprint density at radius 1 is 1.40 bits per heavy atom. The standard InChI is InChI=1S/C14H12N2O4/c1-7-15-12(13(20-7)14(18)19)9-2-4-10-8(6-9)3-5-11(17)16-10/h2,4,6H,3,5H2,1H3,(H,16,17)(H,18,19). The maximum atomic E-state index is 11.3. The molecule has 2 heterocycles. The van der Waals surface area contributed by atoms with Crippen molar-refractivity contribution in [2.45, 2.75) is 19.8 Å². The summed E-state index contributed by atoms with van der Waals surface area (Å²) in [5, 5.41) is 11.9. The lowest BCUT2D eigenvalue weighted by atomic mass is 9.99. The molecule has 0 aliphatic carbocycles. The van der Waals surface area contributed by atoms with Crippen molar-refractivity contribution in [1.82, 2.24) is 4.98 Å². The minimum atomic E-state index is -1.15. The lowest BCUT2D eigenvalue weighted by Gasteiger charge is -2.17. The summed E-state index contributed by atoms with van der Waals surface area (Å²) in [6.45, 7) is 1.61. The highest BCUT2D eigenvalue weighted by atomic mass is 16.4. The first-order chi connectivity index (χ1) is 9.54. The molecule has 0 saturated carbocycles. The van der Waals surface area contributed by atoms with Gasteiger partial charge in [-0.2, -0.15) is 0 Å². The van der Waals surface area contributed by atoms with Crippen LogP contribution in [0.1, 0.15) is 28.4 Å². The average Bonchev–Trinajstić information content (AvgIpc) is 2.80. The second-order valence-corrected chi connectivity index (χ2v) is 4.64. The first kappa shape index (κ1) is 12.4. The predicted octanol–water partition coefficient (Wildman–Crippen LogP) is 2.23. The molecular formula is C14H12N2O4. The van der Waals surface area contributed by atoms with E-state index in [2.05, 4.69) is 10.3 Å². The van der Waals surface area contributed by atoms with E-state index in [0.29, 0.717) is 30.0 Å². The summed E-state index contributed by atoms with van der Waals surface area (Å²) in [6, 6.07) is 5.34. The molecular weight excluding hydrogens is 260 g/mol. The molecule has 2 aromatic rings. The van der Waals surface area contributed by atoms with E-state index >= 15 is 0 Å². The van der Waals surface area contributed by atoms with Crippen LogP contribution in [-0.2, 0) is 11.2 Å². The summed E-state index contributed by atoms with van der Waals surface area (Å²) < 4.78 is 5.11. The van der Waals surface area contributed by atoms with Crippen LogP contribution < -0.4 is 5.32 Å². The summed E-state index contributed by atoms with van der Waals surface area (Å²) in [7, 11) is 0. The molecule has 6 heteroatoms. The number of oxazole rings is 1. The van der Waals surface area contributed by atoms with Gasteiger partial charge in [0, 0.05) is 24.6 Å². The van der Waals surface area contributed by atoms with E-state index in [-0.39, 0.29) is 11.7 Å². The Labute approximate surface area is 114 Å². The molecule has 0 bridgehead atoms. The number of aromatic nitrogens is 1. The molecule has 0 unspecified atom stereocenters. The van der Waals surface area contributed by atoms with Gasteiger partial charge in [-0.25, -0.2) is 9.78 Å². The minimum absolute atomic E-state index is 0.00578. The van der Waals surface area contributed by atoms with Gasteiger partial charge in [0.2, 0.25) is 11.7 Å². The van der Waals surface area contributed by atoms with Gasteiger partial charge >= 0.3 is 5.97 Å². The van der Waals surface area contributed by atoms with E-state index in [1.165, 1.54) is 0 Å². The number of carbonyl (C=O) groups is 2. The fraction of sp³-hybridized carbons (Fsp3) is 0.214. The van der Waals surface area contributed by atoms with Crippen LogP contribution in [0.15, 0.2) is 22.6 Å². The van der Waals surface area contributed by atoms with Crippen LogP contribution in [0.2, 0.25) is 0 Å².